The van der Waals surface area contributed by atoms with Gasteiger partial charge in [0, 0.05) is 4.47 Å². The summed E-state index contributed by atoms with van der Waals surface area (Å²) in [7, 11) is 0. The largest absolute Gasteiger partial charge is 0.394 e. The maximum Gasteiger partial charge on any atom is 0.319 e. The molecule has 4 nitrogen and oxygen atoms in total. The second-order valence-electron chi connectivity index (χ2n) is 3.82. The van der Waals surface area contributed by atoms with Crippen molar-refractivity contribution in [2.75, 3.05) is 11.9 Å². The second-order valence-corrected chi connectivity index (χ2v) is 4.62. The first-order chi connectivity index (χ1) is 8.08. The lowest BCUT2D eigenvalue weighted by atomic mass is 10.2. The van der Waals surface area contributed by atoms with Crippen LogP contribution in [0.5, 0.6) is 0 Å². The summed E-state index contributed by atoms with van der Waals surface area (Å²) in [5.41, 5.74) is 1.77. The average molecular weight is 301 g/mol. The topological polar surface area (TPSA) is 61.4 Å². The Morgan fingerprint density at radius 1 is 1.53 bits per heavy atom. The molecule has 0 saturated heterocycles. The number of amides is 2. The number of carbonyl (C=O) groups excluding carboxylic acids is 1. The molecule has 0 radical (unpaired) electrons. The number of hydrogen-bond acceptors (Lipinski definition) is 2. The summed E-state index contributed by atoms with van der Waals surface area (Å²) in [5, 5.41) is 14.4. The molecular weight excluding hydrogens is 284 g/mol. The van der Waals surface area contributed by atoms with Crippen LogP contribution in [0.4, 0.5) is 10.5 Å². The van der Waals surface area contributed by atoms with Crippen LogP contribution in [0, 0.1) is 6.92 Å². The van der Waals surface area contributed by atoms with Crippen LogP contribution in [-0.2, 0) is 0 Å². The maximum atomic E-state index is 11.7. The number of hydrogen-bond donors (Lipinski definition) is 3. The molecule has 0 bridgehead atoms. The van der Waals surface area contributed by atoms with Crippen molar-refractivity contribution in [3.05, 3.63) is 28.2 Å². The number of urea groups is 1. The van der Waals surface area contributed by atoms with Crippen LogP contribution >= 0.6 is 15.9 Å². The van der Waals surface area contributed by atoms with Gasteiger partial charge in [-0.2, -0.15) is 0 Å². The number of anilines is 1. The average Bonchev–Trinajstić information content (AvgIpc) is 2.32. The minimum atomic E-state index is -0.308. The highest BCUT2D eigenvalue weighted by Gasteiger charge is 2.10. The number of benzene rings is 1. The van der Waals surface area contributed by atoms with Gasteiger partial charge in [-0.05, 0) is 40.9 Å². The van der Waals surface area contributed by atoms with Gasteiger partial charge in [-0.3, -0.25) is 0 Å². The molecule has 0 aliphatic carbocycles. The van der Waals surface area contributed by atoms with Crippen molar-refractivity contribution in [1.29, 1.82) is 0 Å². The van der Waals surface area contributed by atoms with E-state index in [-0.39, 0.29) is 18.7 Å². The van der Waals surface area contributed by atoms with E-state index in [1.54, 1.807) is 0 Å². The maximum absolute atomic E-state index is 11.7. The minimum Gasteiger partial charge on any atom is -0.394 e. The van der Waals surface area contributed by atoms with Crippen molar-refractivity contribution in [3.63, 3.8) is 0 Å². The molecule has 94 valence electrons. The van der Waals surface area contributed by atoms with E-state index in [1.807, 2.05) is 32.0 Å². The van der Waals surface area contributed by atoms with E-state index >= 15 is 0 Å². The highest BCUT2D eigenvalue weighted by atomic mass is 79.9. The van der Waals surface area contributed by atoms with Gasteiger partial charge in [0.1, 0.15) is 0 Å². The van der Waals surface area contributed by atoms with Gasteiger partial charge in [0.2, 0.25) is 0 Å². The lowest BCUT2D eigenvalue weighted by Crippen LogP contribution is -2.39. The molecule has 0 heterocycles. The molecule has 1 aromatic carbocycles. The zero-order valence-corrected chi connectivity index (χ0v) is 11.5. The highest BCUT2D eigenvalue weighted by Crippen LogP contribution is 2.25. The van der Waals surface area contributed by atoms with Gasteiger partial charge in [-0.1, -0.05) is 19.1 Å². The minimum absolute atomic E-state index is 0.0566. The first-order valence-corrected chi connectivity index (χ1v) is 6.31. The Bertz CT molecular complexity index is 392. The predicted octanol–water partition coefficient (Wildman–Crippen LogP) is 2.65. The van der Waals surface area contributed by atoms with Crippen molar-refractivity contribution >= 4 is 27.6 Å². The normalized spacial score (nSPS) is 12.0. The van der Waals surface area contributed by atoms with E-state index < -0.39 is 0 Å². The van der Waals surface area contributed by atoms with Gasteiger partial charge in [0.25, 0.3) is 0 Å². The molecule has 0 aromatic heterocycles. The quantitative estimate of drug-likeness (QED) is 0.800. The SMILES string of the molecule is CC[C@H](CO)NC(=O)Nc1cccc(C)c1Br. The number of carbonyl (C=O) groups is 1. The predicted molar refractivity (Wildman–Crippen MR) is 72.2 cm³/mol. The number of halogens is 1. The lowest BCUT2D eigenvalue weighted by molar-refractivity contribution is 0.222. The molecule has 0 spiro atoms. The van der Waals surface area contributed by atoms with Crippen molar-refractivity contribution < 1.29 is 9.90 Å². The van der Waals surface area contributed by atoms with Crippen LogP contribution in [0.15, 0.2) is 22.7 Å². The fourth-order valence-corrected chi connectivity index (χ4v) is 1.73. The highest BCUT2D eigenvalue weighted by molar-refractivity contribution is 9.10. The lowest BCUT2D eigenvalue weighted by Gasteiger charge is -2.15. The first-order valence-electron chi connectivity index (χ1n) is 5.52. The van der Waals surface area contributed by atoms with Crippen molar-refractivity contribution in [2.45, 2.75) is 26.3 Å². The molecule has 2 amide bonds. The van der Waals surface area contributed by atoms with Gasteiger partial charge < -0.3 is 15.7 Å². The van der Waals surface area contributed by atoms with Gasteiger partial charge in [0.05, 0.1) is 18.3 Å². The summed E-state index contributed by atoms with van der Waals surface area (Å²) < 4.78 is 0.868. The van der Waals surface area contributed by atoms with E-state index in [0.29, 0.717) is 6.42 Å². The van der Waals surface area contributed by atoms with Crippen LogP contribution < -0.4 is 10.6 Å². The van der Waals surface area contributed by atoms with E-state index in [2.05, 4.69) is 26.6 Å². The number of aryl methyl sites for hydroxylation is 1. The molecule has 0 saturated carbocycles. The van der Waals surface area contributed by atoms with Crippen LogP contribution in [0.3, 0.4) is 0 Å². The fraction of sp³-hybridized carbons (Fsp3) is 0.417. The van der Waals surface area contributed by atoms with E-state index in [1.165, 1.54) is 0 Å². The third-order valence-electron chi connectivity index (χ3n) is 2.49. The summed E-state index contributed by atoms with van der Waals surface area (Å²) in [4.78, 5) is 11.7. The Kier molecular flexibility index (Phi) is 5.44. The number of rotatable bonds is 4. The van der Waals surface area contributed by atoms with Crippen LogP contribution in [0.1, 0.15) is 18.9 Å². The van der Waals surface area contributed by atoms with Gasteiger partial charge in [-0.15, -0.1) is 0 Å². The third kappa shape index (κ3) is 4.02. The summed E-state index contributed by atoms with van der Waals surface area (Å²) in [6.07, 6.45) is 0.693. The van der Waals surface area contributed by atoms with E-state index in [9.17, 15) is 4.79 Å². The van der Waals surface area contributed by atoms with Crippen LogP contribution in [-0.4, -0.2) is 23.8 Å². The number of aliphatic hydroxyl groups is 1. The monoisotopic (exact) mass is 300 g/mol. The van der Waals surface area contributed by atoms with Crippen molar-refractivity contribution in [3.8, 4) is 0 Å². The summed E-state index contributed by atoms with van der Waals surface area (Å²) in [6, 6.07) is 5.13. The fourth-order valence-electron chi connectivity index (χ4n) is 1.36. The molecule has 1 rings (SSSR count). The van der Waals surface area contributed by atoms with Crippen molar-refractivity contribution in [1.82, 2.24) is 5.32 Å². The standard InChI is InChI=1S/C12H17BrN2O2/c1-3-9(7-16)14-12(17)15-10-6-4-5-8(2)11(10)13/h4-6,9,16H,3,7H2,1-2H3,(H2,14,15,17)/t9-/m1/s1. The molecule has 1 atom stereocenters. The molecular formula is C12H17BrN2O2. The molecule has 0 aliphatic rings. The summed E-state index contributed by atoms with van der Waals surface area (Å²) in [5.74, 6) is 0. The Balaban J connectivity index is 2.65. The van der Waals surface area contributed by atoms with Crippen molar-refractivity contribution in [2.24, 2.45) is 0 Å². The second kappa shape index (κ2) is 6.61. The Morgan fingerprint density at radius 3 is 2.82 bits per heavy atom. The number of aliphatic hydroxyl groups excluding tert-OH is 1. The smallest absolute Gasteiger partial charge is 0.319 e. The zero-order chi connectivity index (χ0) is 12.8. The molecule has 0 aliphatic heterocycles. The first kappa shape index (κ1) is 14.0. The Morgan fingerprint density at radius 2 is 2.24 bits per heavy atom. The Labute approximate surface area is 110 Å². The number of nitrogens with one attached hydrogen (secondary N) is 2. The molecule has 1 aromatic rings. The summed E-state index contributed by atoms with van der Waals surface area (Å²) >= 11 is 3.42. The van der Waals surface area contributed by atoms with Gasteiger partial charge >= 0.3 is 6.03 Å². The van der Waals surface area contributed by atoms with Gasteiger partial charge in [0.15, 0.2) is 0 Å². The molecule has 0 fully saturated rings. The van der Waals surface area contributed by atoms with Gasteiger partial charge in [-0.25, -0.2) is 4.79 Å². The van der Waals surface area contributed by atoms with Crippen LogP contribution in [0.25, 0.3) is 0 Å². The molecule has 5 heteroatoms. The molecule has 3 N–H and O–H groups in total. The van der Waals surface area contributed by atoms with E-state index in [0.717, 1.165) is 15.7 Å². The molecule has 0 unspecified atom stereocenters. The molecule has 17 heavy (non-hydrogen) atoms. The zero-order valence-electron chi connectivity index (χ0n) is 9.96. The van der Waals surface area contributed by atoms with Crippen LogP contribution in [0.2, 0.25) is 0 Å². The third-order valence-corrected chi connectivity index (χ3v) is 3.54. The summed E-state index contributed by atoms with van der Waals surface area (Å²) in [6.45, 7) is 3.80. The van der Waals surface area contributed by atoms with E-state index in [4.69, 9.17) is 5.11 Å². The Hall–Kier alpha value is -1.07.